The van der Waals surface area contributed by atoms with Gasteiger partial charge in [0.25, 0.3) is 0 Å². The Labute approximate surface area is 138 Å². The van der Waals surface area contributed by atoms with Gasteiger partial charge < -0.3 is 0 Å². The Kier molecular flexibility index (Phi) is 5.35. The van der Waals surface area contributed by atoms with Crippen molar-refractivity contribution < 1.29 is 0 Å². The highest BCUT2D eigenvalue weighted by molar-refractivity contribution is 6.61. The fourth-order valence-electron chi connectivity index (χ4n) is 4.23. The highest BCUT2D eigenvalue weighted by atomic mass is 28.2. The van der Waals surface area contributed by atoms with Crippen molar-refractivity contribution in [2.75, 3.05) is 0 Å². The molecule has 0 amide bonds. The van der Waals surface area contributed by atoms with Crippen molar-refractivity contribution in [3.05, 3.63) is 52.8 Å². The SMILES string of the molecule is CC(C)C1=C(CC2CCCCC2)CC([SiH2]c2ccccc2)=C1. The van der Waals surface area contributed by atoms with Gasteiger partial charge in [-0.3, -0.25) is 0 Å². The zero-order chi connectivity index (χ0) is 15.4. The highest BCUT2D eigenvalue weighted by Gasteiger charge is 2.22. The maximum absolute atomic E-state index is 2.59. The summed E-state index contributed by atoms with van der Waals surface area (Å²) in [4.78, 5) is 0. The average Bonchev–Trinajstić information content (AvgIpc) is 2.92. The van der Waals surface area contributed by atoms with E-state index < -0.39 is 0 Å². The summed E-state index contributed by atoms with van der Waals surface area (Å²) in [5, 5.41) is 3.36. The summed E-state index contributed by atoms with van der Waals surface area (Å²) >= 11 is 0. The van der Waals surface area contributed by atoms with Crippen molar-refractivity contribution >= 4 is 14.7 Å². The zero-order valence-electron chi connectivity index (χ0n) is 14.3. The predicted octanol–water partition coefficient (Wildman–Crippen LogP) is 4.69. The molecule has 0 radical (unpaired) electrons. The first kappa shape index (κ1) is 15.8. The molecule has 118 valence electrons. The number of benzene rings is 1. The molecule has 0 aromatic heterocycles. The van der Waals surface area contributed by atoms with Gasteiger partial charge in [0.05, 0.1) is 9.52 Å². The van der Waals surface area contributed by atoms with E-state index in [4.69, 9.17) is 0 Å². The topological polar surface area (TPSA) is 0 Å². The summed E-state index contributed by atoms with van der Waals surface area (Å²) in [5.41, 5.74) is 3.48. The fraction of sp³-hybridized carbons (Fsp3) is 0.524. The molecule has 0 saturated heterocycles. The summed E-state index contributed by atoms with van der Waals surface area (Å²) in [6.07, 6.45) is 12.6. The molecular weight excluding hydrogens is 280 g/mol. The largest absolute Gasteiger partial charge is 0.0828 e. The van der Waals surface area contributed by atoms with Gasteiger partial charge >= 0.3 is 0 Å². The van der Waals surface area contributed by atoms with Gasteiger partial charge in [0.2, 0.25) is 0 Å². The minimum atomic E-state index is -0.249. The molecule has 0 heterocycles. The van der Waals surface area contributed by atoms with Gasteiger partial charge in [0.1, 0.15) is 0 Å². The first-order chi connectivity index (χ1) is 10.7. The van der Waals surface area contributed by atoms with Crippen LogP contribution in [-0.2, 0) is 0 Å². The lowest BCUT2D eigenvalue weighted by Gasteiger charge is -2.23. The van der Waals surface area contributed by atoms with Crippen LogP contribution in [0.2, 0.25) is 0 Å². The number of rotatable bonds is 5. The Morgan fingerprint density at radius 2 is 1.77 bits per heavy atom. The molecule has 2 aliphatic rings. The van der Waals surface area contributed by atoms with Crippen LogP contribution in [0.5, 0.6) is 0 Å². The van der Waals surface area contributed by atoms with Crippen LogP contribution < -0.4 is 5.19 Å². The smallest absolute Gasteiger partial charge is 0.0783 e. The van der Waals surface area contributed by atoms with Gasteiger partial charge in [-0.2, -0.15) is 0 Å². The standard InChI is InChI=1S/C21H30Si/c1-16(2)21-15-20(22-19-11-7-4-8-12-19)14-18(21)13-17-9-5-3-6-10-17/h4,7-8,11-12,15-17H,3,5-6,9-10,13-14,22H2,1-2H3. The quantitative estimate of drug-likeness (QED) is 0.692. The van der Waals surface area contributed by atoms with Gasteiger partial charge in [0.15, 0.2) is 0 Å². The first-order valence-electron chi connectivity index (χ1n) is 9.17. The van der Waals surface area contributed by atoms with Crippen molar-refractivity contribution in [1.29, 1.82) is 0 Å². The van der Waals surface area contributed by atoms with Crippen LogP contribution in [-0.4, -0.2) is 9.52 Å². The lowest BCUT2D eigenvalue weighted by molar-refractivity contribution is 0.354. The van der Waals surface area contributed by atoms with E-state index in [1.54, 1.807) is 21.5 Å². The average molecular weight is 311 g/mol. The third-order valence-electron chi connectivity index (χ3n) is 5.36. The van der Waals surface area contributed by atoms with Gasteiger partial charge in [-0.15, -0.1) is 0 Å². The van der Waals surface area contributed by atoms with E-state index in [1.807, 2.05) is 0 Å². The Balaban J connectivity index is 1.67. The minimum absolute atomic E-state index is 0.249. The molecule has 0 aliphatic heterocycles. The summed E-state index contributed by atoms with van der Waals surface area (Å²) in [6.45, 7) is 4.75. The van der Waals surface area contributed by atoms with Gasteiger partial charge in [0, 0.05) is 0 Å². The van der Waals surface area contributed by atoms with Crippen LogP contribution in [0.4, 0.5) is 0 Å². The normalized spacial score (nSPS) is 20.4. The van der Waals surface area contributed by atoms with E-state index in [0.717, 1.165) is 5.92 Å². The van der Waals surface area contributed by atoms with Crippen LogP contribution in [0.25, 0.3) is 0 Å². The molecule has 2 aliphatic carbocycles. The Hall–Kier alpha value is -1.08. The van der Waals surface area contributed by atoms with Crippen LogP contribution in [0.15, 0.2) is 52.8 Å². The highest BCUT2D eigenvalue weighted by Crippen LogP contribution is 2.37. The van der Waals surface area contributed by atoms with Gasteiger partial charge in [-0.05, 0) is 30.3 Å². The maximum atomic E-state index is 2.59. The third kappa shape index (κ3) is 4.01. The van der Waals surface area contributed by atoms with E-state index in [2.05, 4.69) is 50.3 Å². The maximum Gasteiger partial charge on any atom is 0.0828 e. The van der Waals surface area contributed by atoms with E-state index >= 15 is 0 Å². The van der Waals surface area contributed by atoms with Gasteiger partial charge in [-0.1, -0.05) is 98.3 Å². The molecule has 0 atom stereocenters. The van der Waals surface area contributed by atoms with Crippen molar-refractivity contribution in [3.8, 4) is 0 Å². The molecule has 3 rings (SSSR count). The molecule has 1 aromatic rings. The molecule has 1 heteroatoms. The second kappa shape index (κ2) is 7.46. The van der Waals surface area contributed by atoms with E-state index in [0.29, 0.717) is 5.92 Å². The third-order valence-corrected chi connectivity index (χ3v) is 7.15. The van der Waals surface area contributed by atoms with Crippen molar-refractivity contribution in [2.24, 2.45) is 11.8 Å². The number of allylic oxidation sites excluding steroid dienone is 4. The summed E-state index contributed by atoms with van der Waals surface area (Å²) in [6, 6.07) is 11.2. The second-order valence-electron chi connectivity index (χ2n) is 7.56. The monoisotopic (exact) mass is 310 g/mol. The minimum Gasteiger partial charge on any atom is -0.0783 e. The van der Waals surface area contributed by atoms with Crippen molar-refractivity contribution in [2.45, 2.75) is 58.8 Å². The molecule has 1 aromatic carbocycles. The lowest BCUT2D eigenvalue weighted by Crippen LogP contribution is -2.15. The molecular formula is C21H30Si. The van der Waals surface area contributed by atoms with Crippen LogP contribution in [0.3, 0.4) is 0 Å². The number of hydrogen-bond acceptors (Lipinski definition) is 0. The summed E-state index contributed by atoms with van der Waals surface area (Å²) in [5.74, 6) is 1.67. The second-order valence-corrected chi connectivity index (χ2v) is 9.64. The predicted molar refractivity (Wildman–Crippen MR) is 100 cm³/mol. The molecule has 0 N–H and O–H groups in total. The van der Waals surface area contributed by atoms with Crippen LogP contribution in [0.1, 0.15) is 58.8 Å². The van der Waals surface area contributed by atoms with Crippen molar-refractivity contribution in [1.82, 2.24) is 0 Å². The molecule has 0 unspecified atom stereocenters. The fourth-order valence-corrected chi connectivity index (χ4v) is 6.01. The molecule has 0 nitrogen and oxygen atoms in total. The van der Waals surface area contributed by atoms with E-state index in [-0.39, 0.29) is 9.52 Å². The molecule has 1 fully saturated rings. The van der Waals surface area contributed by atoms with Crippen LogP contribution in [0, 0.1) is 11.8 Å². The van der Waals surface area contributed by atoms with Crippen LogP contribution >= 0.6 is 0 Å². The summed E-state index contributed by atoms with van der Waals surface area (Å²) < 4.78 is 0. The Morgan fingerprint density at radius 1 is 1.05 bits per heavy atom. The lowest BCUT2D eigenvalue weighted by atomic mass is 9.83. The van der Waals surface area contributed by atoms with Crippen molar-refractivity contribution in [3.63, 3.8) is 0 Å². The molecule has 1 saturated carbocycles. The van der Waals surface area contributed by atoms with Gasteiger partial charge in [-0.25, -0.2) is 0 Å². The Morgan fingerprint density at radius 3 is 2.45 bits per heavy atom. The van der Waals surface area contributed by atoms with E-state index in [9.17, 15) is 0 Å². The molecule has 22 heavy (non-hydrogen) atoms. The Bertz CT molecular complexity index is 545. The molecule has 0 spiro atoms. The zero-order valence-corrected chi connectivity index (χ0v) is 15.7. The first-order valence-corrected chi connectivity index (χ1v) is 10.6. The molecule has 0 bridgehead atoms. The number of hydrogen-bond donors (Lipinski definition) is 0. The van der Waals surface area contributed by atoms with E-state index in [1.165, 1.54) is 44.9 Å². The summed E-state index contributed by atoms with van der Waals surface area (Å²) in [7, 11) is -0.249.